The number of halogens is 1. The van der Waals surface area contributed by atoms with Crippen LogP contribution in [0.25, 0.3) is 22.0 Å². The Kier molecular flexibility index (Phi) is 4.32. The van der Waals surface area contributed by atoms with Crippen LogP contribution in [-0.2, 0) is 7.05 Å². The number of pyridine rings is 1. The second-order valence-corrected chi connectivity index (χ2v) is 7.54. The second-order valence-electron chi connectivity index (χ2n) is 7.19. The summed E-state index contributed by atoms with van der Waals surface area (Å²) in [7, 11) is 3.52. The molecule has 0 spiro atoms. The molecule has 1 aliphatic carbocycles. The van der Waals surface area contributed by atoms with Crippen LogP contribution in [0.1, 0.15) is 24.5 Å². The summed E-state index contributed by atoms with van der Waals surface area (Å²) in [5.41, 5.74) is 4.46. The van der Waals surface area contributed by atoms with Crippen molar-refractivity contribution in [1.82, 2.24) is 24.7 Å². The molecule has 0 amide bonds. The maximum atomic E-state index is 6.40. The first-order valence-corrected chi connectivity index (χ1v) is 9.76. The van der Waals surface area contributed by atoms with E-state index in [4.69, 9.17) is 16.3 Å². The standard InChI is InChI=1S/C21H19ClN6O/c1-28-11-15(10-24-28)13-5-6-16(18(8-13)29-2)26-21-23-9-14-7-17(12-3-4-12)25-20(22)19(14)27-21/h5-12H,3-4H2,1-2H3,(H,23,26,27). The van der Waals surface area contributed by atoms with E-state index in [2.05, 4.69) is 25.4 Å². The van der Waals surface area contributed by atoms with E-state index in [0.29, 0.717) is 28.3 Å². The molecule has 5 rings (SSSR count). The largest absolute Gasteiger partial charge is 0.495 e. The Bertz CT molecular complexity index is 1220. The summed E-state index contributed by atoms with van der Waals surface area (Å²) in [6.07, 6.45) is 7.90. The van der Waals surface area contributed by atoms with Crippen LogP contribution in [0.3, 0.4) is 0 Å². The van der Waals surface area contributed by atoms with E-state index in [1.807, 2.05) is 43.7 Å². The Morgan fingerprint density at radius 3 is 2.72 bits per heavy atom. The fourth-order valence-corrected chi connectivity index (χ4v) is 3.58. The lowest BCUT2D eigenvalue weighted by atomic mass is 10.1. The third-order valence-electron chi connectivity index (χ3n) is 5.02. The van der Waals surface area contributed by atoms with E-state index in [0.717, 1.165) is 27.9 Å². The molecule has 3 heterocycles. The first-order chi connectivity index (χ1) is 14.1. The number of fused-ring (bicyclic) bond motifs is 1. The van der Waals surface area contributed by atoms with Crippen molar-refractivity contribution in [2.75, 3.05) is 12.4 Å². The summed E-state index contributed by atoms with van der Waals surface area (Å²) < 4.78 is 7.33. The van der Waals surface area contributed by atoms with Gasteiger partial charge in [-0.25, -0.2) is 15.0 Å². The van der Waals surface area contributed by atoms with Crippen LogP contribution in [0, 0.1) is 0 Å². The number of methoxy groups -OCH3 is 1. The topological polar surface area (TPSA) is 77.8 Å². The van der Waals surface area contributed by atoms with Gasteiger partial charge in [-0.15, -0.1) is 0 Å². The number of aryl methyl sites for hydroxylation is 1. The normalized spacial score (nSPS) is 13.6. The number of anilines is 2. The average molecular weight is 407 g/mol. The van der Waals surface area contributed by atoms with Crippen molar-refractivity contribution in [3.05, 3.63) is 53.7 Å². The second kappa shape index (κ2) is 7.00. The van der Waals surface area contributed by atoms with Gasteiger partial charge < -0.3 is 10.1 Å². The van der Waals surface area contributed by atoms with Gasteiger partial charge in [-0.2, -0.15) is 5.10 Å². The number of nitrogens with one attached hydrogen (secondary N) is 1. The third-order valence-corrected chi connectivity index (χ3v) is 5.29. The molecule has 3 aromatic heterocycles. The van der Waals surface area contributed by atoms with Crippen LogP contribution in [0.4, 0.5) is 11.6 Å². The Morgan fingerprint density at radius 2 is 2.00 bits per heavy atom. The van der Waals surface area contributed by atoms with Crippen molar-refractivity contribution in [3.8, 4) is 16.9 Å². The molecular formula is C21H19ClN6O. The monoisotopic (exact) mass is 406 g/mol. The van der Waals surface area contributed by atoms with E-state index >= 15 is 0 Å². The fraction of sp³-hybridized carbons (Fsp3) is 0.238. The zero-order chi connectivity index (χ0) is 20.0. The molecule has 1 aromatic carbocycles. The van der Waals surface area contributed by atoms with Crippen molar-refractivity contribution in [2.24, 2.45) is 7.05 Å². The molecule has 0 unspecified atom stereocenters. The Balaban J connectivity index is 1.46. The average Bonchev–Trinajstić information content (AvgIpc) is 3.49. The minimum Gasteiger partial charge on any atom is -0.495 e. The molecule has 1 fully saturated rings. The SMILES string of the molecule is COc1cc(-c2cnn(C)c2)ccc1Nc1ncc2cc(C3CC3)nc(Cl)c2n1. The van der Waals surface area contributed by atoms with Gasteiger partial charge in [0.2, 0.25) is 5.95 Å². The molecule has 0 radical (unpaired) electrons. The van der Waals surface area contributed by atoms with E-state index in [1.54, 1.807) is 18.0 Å². The summed E-state index contributed by atoms with van der Waals surface area (Å²) in [6.45, 7) is 0. The molecule has 8 heteroatoms. The number of ether oxygens (including phenoxy) is 1. The van der Waals surface area contributed by atoms with Gasteiger partial charge in [0.25, 0.3) is 0 Å². The lowest BCUT2D eigenvalue weighted by Crippen LogP contribution is -2.01. The molecule has 29 heavy (non-hydrogen) atoms. The Labute approximate surface area is 172 Å². The lowest BCUT2D eigenvalue weighted by Gasteiger charge is -2.12. The molecule has 1 N–H and O–H groups in total. The number of aromatic nitrogens is 5. The predicted octanol–water partition coefficient (Wildman–Crippen LogP) is 4.71. The van der Waals surface area contributed by atoms with Crippen molar-refractivity contribution in [1.29, 1.82) is 0 Å². The van der Waals surface area contributed by atoms with Crippen LogP contribution in [-0.4, -0.2) is 31.8 Å². The zero-order valence-electron chi connectivity index (χ0n) is 16.1. The van der Waals surface area contributed by atoms with Gasteiger partial charge in [0.1, 0.15) is 11.3 Å². The van der Waals surface area contributed by atoms with E-state index < -0.39 is 0 Å². The Hall–Kier alpha value is -3.19. The first kappa shape index (κ1) is 17.9. The highest BCUT2D eigenvalue weighted by Crippen LogP contribution is 2.40. The molecule has 7 nitrogen and oxygen atoms in total. The van der Waals surface area contributed by atoms with E-state index in [9.17, 15) is 0 Å². The summed E-state index contributed by atoms with van der Waals surface area (Å²) in [6, 6.07) is 7.92. The number of nitrogens with zero attached hydrogens (tertiary/aromatic N) is 5. The highest BCUT2D eigenvalue weighted by molar-refractivity contribution is 6.33. The minimum atomic E-state index is 0.411. The van der Waals surface area contributed by atoms with Gasteiger partial charge in [-0.05, 0) is 36.6 Å². The number of hydrogen-bond acceptors (Lipinski definition) is 6. The van der Waals surface area contributed by atoms with Gasteiger partial charge in [-0.3, -0.25) is 4.68 Å². The van der Waals surface area contributed by atoms with Crippen LogP contribution < -0.4 is 10.1 Å². The molecule has 0 aliphatic heterocycles. The van der Waals surface area contributed by atoms with Gasteiger partial charge in [0.15, 0.2) is 5.15 Å². The minimum absolute atomic E-state index is 0.411. The molecule has 0 saturated heterocycles. The van der Waals surface area contributed by atoms with E-state index in [-0.39, 0.29) is 0 Å². The van der Waals surface area contributed by atoms with Crippen LogP contribution in [0.15, 0.2) is 42.9 Å². The molecule has 1 aliphatic rings. The maximum Gasteiger partial charge on any atom is 0.227 e. The predicted molar refractivity (Wildman–Crippen MR) is 113 cm³/mol. The fourth-order valence-electron chi connectivity index (χ4n) is 3.33. The van der Waals surface area contributed by atoms with Crippen LogP contribution in [0.2, 0.25) is 5.15 Å². The summed E-state index contributed by atoms with van der Waals surface area (Å²) in [4.78, 5) is 13.5. The van der Waals surface area contributed by atoms with E-state index in [1.165, 1.54) is 12.8 Å². The lowest BCUT2D eigenvalue weighted by molar-refractivity contribution is 0.417. The van der Waals surface area contributed by atoms with Gasteiger partial charge in [-0.1, -0.05) is 17.7 Å². The molecule has 0 atom stereocenters. The number of rotatable bonds is 5. The first-order valence-electron chi connectivity index (χ1n) is 9.38. The summed E-state index contributed by atoms with van der Waals surface area (Å²) in [5.74, 6) is 1.65. The molecular weight excluding hydrogens is 388 g/mol. The molecule has 146 valence electrons. The van der Waals surface area contributed by atoms with Crippen molar-refractivity contribution in [3.63, 3.8) is 0 Å². The number of hydrogen-bond donors (Lipinski definition) is 1. The highest BCUT2D eigenvalue weighted by atomic mass is 35.5. The molecule has 1 saturated carbocycles. The Morgan fingerprint density at radius 1 is 1.14 bits per heavy atom. The van der Waals surface area contributed by atoms with Crippen molar-refractivity contribution < 1.29 is 4.74 Å². The zero-order valence-corrected chi connectivity index (χ0v) is 16.8. The van der Waals surface area contributed by atoms with Gasteiger partial charge in [0.05, 0.1) is 19.0 Å². The molecule has 4 aromatic rings. The van der Waals surface area contributed by atoms with Crippen molar-refractivity contribution in [2.45, 2.75) is 18.8 Å². The summed E-state index contributed by atoms with van der Waals surface area (Å²) >= 11 is 6.40. The smallest absolute Gasteiger partial charge is 0.227 e. The van der Waals surface area contributed by atoms with Crippen molar-refractivity contribution >= 4 is 34.1 Å². The third kappa shape index (κ3) is 3.49. The van der Waals surface area contributed by atoms with Gasteiger partial charge >= 0.3 is 0 Å². The van der Waals surface area contributed by atoms with Gasteiger partial charge in [0, 0.05) is 42.0 Å². The highest BCUT2D eigenvalue weighted by Gasteiger charge is 2.26. The molecule has 0 bridgehead atoms. The van der Waals surface area contributed by atoms with Crippen LogP contribution in [0.5, 0.6) is 5.75 Å². The number of benzene rings is 1. The maximum absolute atomic E-state index is 6.40. The van der Waals surface area contributed by atoms with Crippen LogP contribution >= 0.6 is 11.6 Å². The quantitative estimate of drug-likeness (QED) is 0.484. The summed E-state index contributed by atoms with van der Waals surface area (Å²) in [5, 5.41) is 8.75.